The van der Waals surface area contributed by atoms with Crippen molar-refractivity contribution in [1.29, 1.82) is 0 Å². The molecule has 0 saturated heterocycles. The average Bonchev–Trinajstić information content (AvgIpc) is 2.48. The summed E-state index contributed by atoms with van der Waals surface area (Å²) in [6.07, 6.45) is 0. The van der Waals surface area contributed by atoms with Gasteiger partial charge in [-0.25, -0.2) is 0 Å². The maximum atomic E-state index is 12.0. The van der Waals surface area contributed by atoms with Crippen LogP contribution in [0.25, 0.3) is 0 Å². The second-order valence-electron chi connectivity index (χ2n) is 4.00. The summed E-state index contributed by atoms with van der Waals surface area (Å²) in [5.74, 6) is 0.482. The standard InChI is InChI=1S/C15H15NO3/c1-19-13-8-6-11(7-9-13)15(18)16-14-5-3-2-4-12(14)10-17/h2-9,17H,10H2,1H3,(H,16,18). The van der Waals surface area contributed by atoms with Crippen LogP contribution in [-0.4, -0.2) is 18.1 Å². The number of ether oxygens (including phenoxy) is 1. The topological polar surface area (TPSA) is 58.6 Å². The van der Waals surface area contributed by atoms with Gasteiger partial charge in [0.2, 0.25) is 0 Å². The molecular weight excluding hydrogens is 242 g/mol. The van der Waals surface area contributed by atoms with Crippen LogP contribution >= 0.6 is 0 Å². The molecule has 0 fully saturated rings. The third-order valence-corrected chi connectivity index (χ3v) is 2.79. The van der Waals surface area contributed by atoms with E-state index in [0.717, 1.165) is 0 Å². The normalized spacial score (nSPS) is 10.0. The number of hydrogen-bond acceptors (Lipinski definition) is 3. The van der Waals surface area contributed by atoms with Crippen molar-refractivity contribution in [1.82, 2.24) is 0 Å². The van der Waals surface area contributed by atoms with E-state index in [9.17, 15) is 9.90 Å². The number of amides is 1. The Kier molecular flexibility index (Phi) is 4.15. The molecule has 4 heteroatoms. The minimum atomic E-state index is -0.219. The molecule has 1 amide bonds. The van der Waals surface area contributed by atoms with E-state index in [1.807, 2.05) is 12.1 Å². The van der Waals surface area contributed by atoms with E-state index >= 15 is 0 Å². The van der Waals surface area contributed by atoms with Crippen LogP contribution in [0.15, 0.2) is 48.5 Å². The minimum Gasteiger partial charge on any atom is -0.497 e. The van der Waals surface area contributed by atoms with Crippen molar-refractivity contribution in [2.75, 3.05) is 12.4 Å². The Bertz CT molecular complexity index is 564. The summed E-state index contributed by atoms with van der Waals surface area (Å²) < 4.78 is 5.04. The van der Waals surface area contributed by atoms with E-state index in [4.69, 9.17) is 4.74 Å². The Morgan fingerprint density at radius 2 is 1.84 bits per heavy atom. The molecule has 0 bridgehead atoms. The van der Waals surface area contributed by atoms with Crippen LogP contribution < -0.4 is 10.1 Å². The zero-order valence-electron chi connectivity index (χ0n) is 10.6. The van der Waals surface area contributed by atoms with Gasteiger partial charge in [-0.1, -0.05) is 18.2 Å². The number of rotatable bonds is 4. The number of carbonyl (C=O) groups is 1. The number of carbonyl (C=O) groups excluding carboxylic acids is 1. The van der Waals surface area contributed by atoms with E-state index in [-0.39, 0.29) is 12.5 Å². The molecule has 2 aromatic carbocycles. The highest BCUT2D eigenvalue weighted by molar-refractivity contribution is 6.04. The molecule has 0 saturated carbocycles. The van der Waals surface area contributed by atoms with Crippen molar-refractivity contribution < 1.29 is 14.6 Å². The molecule has 0 radical (unpaired) electrons. The first-order chi connectivity index (χ1) is 9.24. The molecule has 0 aromatic heterocycles. The second kappa shape index (κ2) is 6.02. The fraction of sp³-hybridized carbons (Fsp3) is 0.133. The maximum Gasteiger partial charge on any atom is 0.255 e. The van der Waals surface area contributed by atoms with Crippen molar-refractivity contribution >= 4 is 11.6 Å². The molecular formula is C15H15NO3. The largest absolute Gasteiger partial charge is 0.497 e. The predicted molar refractivity (Wildman–Crippen MR) is 73.3 cm³/mol. The molecule has 2 rings (SSSR count). The number of nitrogens with one attached hydrogen (secondary N) is 1. The minimum absolute atomic E-state index is 0.112. The van der Waals surface area contributed by atoms with Crippen molar-refractivity contribution in [2.24, 2.45) is 0 Å². The summed E-state index contributed by atoms with van der Waals surface area (Å²) in [5, 5.41) is 12.0. The van der Waals surface area contributed by atoms with Crippen LogP contribution in [0.3, 0.4) is 0 Å². The van der Waals surface area contributed by atoms with Gasteiger partial charge in [-0.2, -0.15) is 0 Å². The van der Waals surface area contributed by atoms with Gasteiger partial charge in [0, 0.05) is 16.8 Å². The van der Waals surface area contributed by atoms with Gasteiger partial charge in [0.05, 0.1) is 13.7 Å². The zero-order valence-corrected chi connectivity index (χ0v) is 10.6. The van der Waals surface area contributed by atoms with E-state index < -0.39 is 0 Å². The summed E-state index contributed by atoms with van der Waals surface area (Å²) in [6.45, 7) is -0.112. The van der Waals surface area contributed by atoms with Crippen molar-refractivity contribution in [2.45, 2.75) is 6.61 Å². The van der Waals surface area contributed by atoms with E-state index in [1.165, 1.54) is 0 Å². The lowest BCUT2D eigenvalue weighted by atomic mass is 10.1. The van der Waals surface area contributed by atoms with Crippen molar-refractivity contribution in [3.8, 4) is 5.75 Å². The van der Waals surface area contributed by atoms with Gasteiger partial charge < -0.3 is 15.2 Å². The molecule has 19 heavy (non-hydrogen) atoms. The Labute approximate surface area is 111 Å². The van der Waals surface area contributed by atoms with Crippen LogP contribution in [0.2, 0.25) is 0 Å². The Morgan fingerprint density at radius 3 is 2.47 bits per heavy atom. The summed E-state index contributed by atoms with van der Waals surface area (Å²) in [5.41, 5.74) is 1.84. The summed E-state index contributed by atoms with van der Waals surface area (Å²) in [4.78, 5) is 12.0. The van der Waals surface area contributed by atoms with Crippen LogP contribution in [0.4, 0.5) is 5.69 Å². The van der Waals surface area contributed by atoms with E-state index in [0.29, 0.717) is 22.6 Å². The number of para-hydroxylation sites is 1. The van der Waals surface area contributed by atoms with Crippen LogP contribution in [0.1, 0.15) is 15.9 Å². The van der Waals surface area contributed by atoms with Gasteiger partial charge >= 0.3 is 0 Å². The number of aliphatic hydroxyl groups excluding tert-OH is 1. The monoisotopic (exact) mass is 257 g/mol. The number of hydrogen-bond donors (Lipinski definition) is 2. The van der Waals surface area contributed by atoms with E-state index in [1.54, 1.807) is 43.5 Å². The zero-order chi connectivity index (χ0) is 13.7. The molecule has 4 nitrogen and oxygen atoms in total. The molecule has 2 N–H and O–H groups in total. The van der Waals surface area contributed by atoms with Gasteiger partial charge in [-0.05, 0) is 30.3 Å². The summed E-state index contributed by atoms with van der Waals surface area (Å²) in [6, 6.07) is 14.0. The highest BCUT2D eigenvalue weighted by Crippen LogP contribution is 2.17. The first kappa shape index (κ1) is 13.1. The van der Waals surface area contributed by atoms with Gasteiger partial charge in [0.15, 0.2) is 0 Å². The van der Waals surface area contributed by atoms with Crippen molar-refractivity contribution in [3.63, 3.8) is 0 Å². The SMILES string of the molecule is COc1ccc(C(=O)Nc2ccccc2CO)cc1. The smallest absolute Gasteiger partial charge is 0.255 e. The van der Waals surface area contributed by atoms with Crippen LogP contribution in [0, 0.1) is 0 Å². The second-order valence-corrected chi connectivity index (χ2v) is 4.00. The first-order valence-electron chi connectivity index (χ1n) is 5.88. The molecule has 0 aliphatic rings. The third kappa shape index (κ3) is 3.11. The van der Waals surface area contributed by atoms with Crippen LogP contribution in [0.5, 0.6) is 5.75 Å². The lowest BCUT2D eigenvalue weighted by Crippen LogP contribution is -2.13. The highest BCUT2D eigenvalue weighted by Gasteiger charge is 2.08. The Hall–Kier alpha value is -2.33. The van der Waals surface area contributed by atoms with Crippen LogP contribution in [-0.2, 0) is 6.61 Å². The quantitative estimate of drug-likeness (QED) is 0.884. The Morgan fingerprint density at radius 1 is 1.16 bits per heavy atom. The fourth-order valence-corrected chi connectivity index (χ4v) is 1.72. The summed E-state index contributed by atoms with van der Waals surface area (Å²) >= 11 is 0. The maximum absolute atomic E-state index is 12.0. The molecule has 0 atom stereocenters. The fourth-order valence-electron chi connectivity index (χ4n) is 1.72. The number of benzene rings is 2. The summed E-state index contributed by atoms with van der Waals surface area (Å²) in [7, 11) is 1.58. The highest BCUT2D eigenvalue weighted by atomic mass is 16.5. The number of aliphatic hydroxyl groups is 1. The van der Waals surface area contributed by atoms with Gasteiger partial charge in [0.25, 0.3) is 5.91 Å². The van der Waals surface area contributed by atoms with Gasteiger partial charge in [-0.15, -0.1) is 0 Å². The molecule has 0 heterocycles. The number of anilines is 1. The lowest BCUT2D eigenvalue weighted by molar-refractivity contribution is 0.102. The third-order valence-electron chi connectivity index (χ3n) is 2.79. The van der Waals surface area contributed by atoms with E-state index in [2.05, 4.69) is 5.32 Å². The first-order valence-corrected chi connectivity index (χ1v) is 5.88. The average molecular weight is 257 g/mol. The Balaban J connectivity index is 2.16. The van der Waals surface area contributed by atoms with Gasteiger partial charge in [-0.3, -0.25) is 4.79 Å². The van der Waals surface area contributed by atoms with Crippen molar-refractivity contribution in [3.05, 3.63) is 59.7 Å². The molecule has 0 aliphatic carbocycles. The molecule has 2 aromatic rings. The molecule has 0 aliphatic heterocycles. The number of methoxy groups -OCH3 is 1. The molecule has 0 unspecified atom stereocenters. The lowest BCUT2D eigenvalue weighted by Gasteiger charge is -2.09. The molecule has 0 spiro atoms. The molecule has 98 valence electrons. The van der Waals surface area contributed by atoms with Gasteiger partial charge in [0.1, 0.15) is 5.75 Å². The predicted octanol–water partition coefficient (Wildman–Crippen LogP) is 2.44.